The summed E-state index contributed by atoms with van der Waals surface area (Å²) in [5, 5.41) is 2.97. The van der Waals surface area contributed by atoms with Crippen LogP contribution in [0, 0.1) is 10.3 Å². The van der Waals surface area contributed by atoms with Gasteiger partial charge in [-0.05, 0) is 5.41 Å². The van der Waals surface area contributed by atoms with Crippen LogP contribution in [-0.2, 0) is 4.74 Å². The van der Waals surface area contributed by atoms with Crippen molar-refractivity contribution in [3.05, 3.63) is 4.91 Å². The molecule has 0 aromatic rings. The minimum Gasteiger partial charge on any atom is -0.382 e. The second-order valence-corrected chi connectivity index (χ2v) is 3.44. The number of methoxy groups -OCH3 is 1. The van der Waals surface area contributed by atoms with Gasteiger partial charge in [0, 0.05) is 7.11 Å². The number of nitrogens with zero attached hydrogens (tertiary/aromatic N) is 1. The van der Waals surface area contributed by atoms with E-state index in [1.165, 1.54) is 0 Å². The topological polar surface area (TPSA) is 38.7 Å². The molecule has 0 saturated heterocycles. The molecule has 3 nitrogen and oxygen atoms in total. The van der Waals surface area contributed by atoms with Gasteiger partial charge in [0.15, 0.2) is 0 Å². The predicted molar refractivity (Wildman–Crippen MR) is 40.9 cm³/mol. The third kappa shape index (κ3) is 2.92. The zero-order valence-corrected chi connectivity index (χ0v) is 7.05. The van der Waals surface area contributed by atoms with Gasteiger partial charge in [0.2, 0.25) is 0 Å². The summed E-state index contributed by atoms with van der Waals surface area (Å²) in [7, 11) is 1.57. The molecule has 0 spiro atoms. The Bertz CT molecular complexity index is 107. The fourth-order valence-corrected chi connectivity index (χ4v) is 0.596. The molecule has 0 saturated carbocycles. The van der Waals surface area contributed by atoms with Crippen molar-refractivity contribution in [3.63, 3.8) is 0 Å². The van der Waals surface area contributed by atoms with Gasteiger partial charge >= 0.3 is 0 Å². The van der Waals surface area contributed by atoms with Gasteiger partial charge in [0.1, 0.15) is 6.04 Å². The molecule has 60 valence electrons. The Hall–Kier alpha value is -0.440. The number of hydrogen-bond acceptors (Lipinski definition) is 3. The Morgan fingerprint density at radius 3 is 2.10 bits per heavy atom. The fourth-order valence-electron chi connectivity index (χ4n) is 0.596. The normalized spacial score (nSPS) is 14.8. The maximum Gasteiger partial charge on any atom is 0.120 e. The first-order chi connectivity index (χ1) is 4.52. The molecular formula is C7H15NO2. The van der Waals surface area contributed by atoms with Crippen molar-refractivity contribution in [1.29, 1.82) is 0 Å². The number of nitroso groups, excluding NO2 is 1. The number of ether oxygens (including phenoxy) is 1. The molecule has 0 rings (SSSR count). The van der Waals surface area contributed by atoms with E-state index in [1.54, 1.807) is 7.11 Å². The van der Waals surface area contributed by atoms with Crippen LogP contribution in [0.3, 0.4) is 0 Å². The van der Waals surface area contributed by atoms with E-state index in [0.29, 0.717) is 6.61 Å². The van der Waals surface area contributed by atoms with Crippen LogP contribution in [0.15, 0.2) is 5.18 Å². The Morgan fingerprint density at radius 1 is 1.50 bits per heavy atom. The van der Waals surface area contributed by atoms with E-state index in [-0.39, 0.29) is 11.5 Å². The largest absolute Gasteiger partial charge is 0.382 e. The van der Waals surface area contributed by atoms with Crippen molar-refractivity contribution >= 4 is 0 Å². The molecule has 0 aliphatic heterocycles. The van der Waals surface area contributed by atoms with Crippen molar-refractivity contribution in [3.8, 4) is 0 Å². The predicted octanol–water partition coefficient (Wildman–Crippen LogP) is 1.81. The minimum absolute atomic E-state index is 0.0856. The van der Waals surface area contributed by atoms with Crippen molar-refractivity contribution in [2.45, 2.75) is 26.8 Å². The summed E-state index contributed by atoms with van der Waals surface area (Å²) in [6.07, 6.45) is 0. The van der Waals surface area contributed by atoms with Gasteiger partial charge in [-0.1, -0.05) is 25.9 Å². The highest BCUT2D eigenvalue weighted by Crippen LogP contribution is 2.21. The van der Waals surface area contributed by atoms with Crippen molar-refractivity contribution in [2.75, 3.05) is 13.7 Å². The van der Waals surface area contributed by atoms with Crippen molar-refractivity contribution < 1.29 is 4.74 Å². The lowest BCUT2D eigenvalue weighted by molar-refractivity contribution is 0.135. The molecule has 10 heavy (non-hydrogen) atoms. The summed E-state index contributed by atoms with van der Waals surface area (Å²) in [4.78, 5) is 10.2. The molecule has 0 bridgehead atoms. The molecule has 0 aromatic heterocycles. The average molecular weight is 145 g/mol. The molecule has 0 amide bonds. The summed E-state index contributed by atoms with van der Waals surface area (Å²) < 4.78 is 4.83. The quantitative estimate of drug-likeness (QED) is 0.568. The monoisotopic (exact) mass is 145 g/mol. The van der Waals surface area contributed by atoms with E-state index in [2.05, 4.69) is 5.18 Å². The molecule has 0 aliphatic carbocycles. The highest BCUT2D eigenvalue weighted by Gasteiger charge is 2.24. The molecule has 0 unspecified atom stereocenters. The number of hydrogen-bond donors (Lipinski definition) is 0. The van der Waals surface area contributed by atoms with Gasteiger partial charge < -0.3 is 4.74 Å². The first-order valence-corrected chi connectivity index (χ1v) is 3.33. The van der Waals surface area contributed by atoms with E-state index in [1.807, 2.05) is 20.8 Å². The molecule has 1 atom stereocenters. The molecule has 0 heterocycles. The molecule has 0 aliphatic rings. The molecule has 0 aromatic carbocycles. The highest BCUT2D eigenvalue weighted by molar-refractivity contribution is 4.79. The lowest BCUT2D eigenvalue weighted by Crippen LogP contribution is -2.28. The summed E-state index contributed by atoms with van der Waals surface area (Å²) >= 11 is 0. The van der Waals surface area contributed by atoms with Gasteiger partial charge in [-0.3, -0.25) is 0 Å². The van der Waals surface area contributed by atoms with Crippen LogP contribution >= 0.6 is 0 Å². The zero-order valence-electron chi connectivity index (χ0n) is 7.05. The van der Waals surface area contributed by atoms with Gasteiger partial charge in [-0.2, -0.15) is 4.91 Å². The van der Waals surface area contributed by atoms with Gasteiger partial charge in [-0.25, -0.2) is 0 Å². The molecule has 0 fully saturated rings. The van der Waals surface area contributed by atoms with Crippen molar-refractivity contribution in [2.24, 2.45) is 10.6 Å². The third-order valence-corrected chi connectivity index (χ3v) is 1.45. The third-order valence-electron chi connectivity index (χ3n) is 1.45. The van der Waals surface area contributed by atoms with Gasteiger partial charge in [-0.15, -0.1) is 0 Å². The molecule has 0 radical (unpaired) electrons. The van der Waals surface area contributed by atoms with Gasteiger partial charge in [0.05, 0.1) is 6.61 Å². The van der Waals surface area contributed by atoms with Crippen LogP contribution in [0.4, 0.5) is 0 Å². The standard InChI is InChI=1S/C7H15NO2/c1-7(2,3)6(8-9)5-10-4/h6H,5H2,1-4H3/t6-/m1/s1. The smallest absolute Gasteiger partial charge is 0.120 e. The van der Waals surface area contributed by atoms with Crippen LogP contribution in [-0.4, -0.2) is 19.8 Å². The zero-order chi connectivity index (χ0) is 8.20. The van der Waals surface area contributed by atoms with Crippen LogP contribution < -0.4 is 0 Å². The van der Waals surface area contributed by atoms with Gasteiger partial charge in [0.25, 0.3) is 0 Å². The summed E-state index contributed by atoms with van der Waals surface area (Å²) in [6.45, 7) is 6.32. The molecule has 0 N–H and O–H groups in total. The van der Waals surface area contributed by atoms with Crippen LogP contribution in [0.1, 0.15) is 20.8 Å². The van der Waals surface area contributed by atoms with E-state index in [4.69, 9.17) is 4.74 Å². The maximum absolute atomic E-state index is 10.2. The maximum atomic E-state index is 10.2. The minimum atomic E-state index is -0.238. The molecular weight excluding hydrogens is 130 g/mol. The Kier molecular flexibility index (Phi) is 3.50. The Morgan fingerprint density at radius 2 is 2.00 bits per heavy atom. The van der Waals surface area contributed by atoms with E-state index >= 15 is 0 Å². The second kappa shape index (κ2) is 3.66. The average Bonchev–Trinajstić information content (AvgIpc) is 1.80. The van der Waals surface area contributed by atoms with Crippen LogP contribution in [0.5, 0.6) is 0 Å². The van der Waals surface area contributed by atoms with E-state index in [9.17, 15) is 4.91 Å². The Labute approximate surface area is 61.7 Å². The molecule has 3 heteroatoms. The van der Waals surface area contributed by atoms with Crippen molar-refractivity contribution in [1.82, 2.24) is 0 Å². The first-order valence-electron chi connectivity index (χ1n) is 3.33. The van der Waals surface area contributed by atoms with E-state index in [0.717, 1.165) is 0 Å². The lowest BCUT2D eigenvalue weighted by Gasteiger charge is -2.23. The van der Waals surface area contributed by atoms with Crippen LogP contribution in [0.2, 0.25) is 0 Å². The lowest BCUT2D eigenvalue weighted by atomic mass is 9.88. The second-order valence-electron chi connectivity index (χ2n) is 3.44. The van der Waals surface area contributed by atoms with Crippen LogP contribution in [0.25, 0.3) is 0 Å². The fraction of sp³-hybridized carbons (Fsp3) is 1.00. The summed E-state index contributed by atoms with van der Waals surface area (Å²) in [6, 6.07) is -0.238. The SMILES string of the molecule is COC[C@@H](N=O)C(C)(C)C. The summed E-state index contributed by atoms with van der Waals surface area (Å²) in [5.41, 5.74) is -0.0856. The summed E-state index contributed by atoms with van der Waals surface area (Å²) in [5.74, 6) is 0. The van der Waals surface area contributed by atoms with E-state index < -0.39 is 0 Å². The number of rotatable bonds is 3. The highest BCUT2D eigenvalue weighted by atomic mass is 16.5. The Balaban J connectivity index is 3.93. The first kappa shape index (κ1) is 9.56.